The molecular formula is C41H51N7O4. The third kappa shape index (κ3) is 7.88. The van der Waals surface area contributed by atoms with Crippen molar-refractivity contribution >= 4 is 34.9 Å². The minimum absolute atomic E-state index is 0.00207. The molecule has 3 aliphatic rings. The van der Waals surface area contributed by atoms with Gasteiger partial charge in [-0.1, -0.05) is 76.2 Å². The quantitative estimate of drug-likeness (QED) is 0.228. The Balaban J connectivity index is 1.08. The van der Waals surface area contributed by atoms with Gasteiger partial charge >= 0.3 is 0 Å². The number of likely N-dealkylation sites (tertiary alicyclic amines) is 2. The van der Waals surface area contributed by atoms with Crippen molar-refractivity contribution in [2.24, 2.45) is 16.8 Å². The van der Waals surface area contributed by atoms with Crippen LogP contribution in [0, 0.1) is 11.8 Å². The molecule has 2 aromatic carbocycles. The fourth-order valence-electron chi connectivity index (χ4n) is 7.71. The lowest BCUT2D eigenvalue weighted by molar-refractivity contribution is -0.138. The molecule has 3 N–H and O–H groups in total. The highest BCUT2D eigenvalue weighted by Gasteiger charge is 2.39. The second-order valence-electron chi connectivity index (χ2n) is 15.0. The van der Waals surface area contributed by atoms with E-state index in [-0.39, 0.29) is 47.5 Å². The Morgan fingerprint density at radius 1 is 0.712 bits per heavy atom. The predicted octanol–water partition coefficient (Wildman–Crippen LogP) is 5.91. The Hall–Kier alpha value is -5.06. The van der Waals surface area contributed by atoms with Crippen molar-refractivity contribution in [2.45, 2.75) is 97.8 Å². The highest BCUT2D eigenvalue weighted by atomic mass is 16.2. The second kappa shape index (κ2) is 15.7. The molecule has 52 heavy (non-hydrogen) atoms. The molecule has 11 heteroatoms. The molecule has 4 heterocycles. The summed E-state index contributed by atoms with van der Waals surface area (Å²) in [5, 5.41) is 5.68. The number of nitrogens with zero attached hydrogens (tertiary/aromatic N) is 4. The number of aromatic nitrogens is 2. The number of carbonyl (C=O) groups is 4. The van der Waals surface area contributed by atoms with Gasteiger partial charge in [0.2, 0.25) is 23.6 Å². The van der Waals surface area contributed by atoms with Gasteiger partial charge in [-0.25, -0.2) is 4.98 Å². The van der Waals surface area contributed by atoms with E-state index in [0.29, 0.717) is 19.5 Å². The summed E-state index contributed by atoms with van der Waals surface area (Å²) in [6, 6.07) is 15.6. The fraction of sp³-hybridized carbons (Fsp3) is 0.463. The smallest absolute Gasteiger partial charge is 0.246 e. The molecule has 1 aromatic heterocycles. The van der Waals surface area contributed by atoms with Crippen LogP contribution in [0.4, 0.5) is 0 Å². The van der Waals surface area contributed by atoms with Crippen molar-refractivity contribution in [1.82, 2.24) is 30.4 Å². The van der Waals surface area contributed by atoms with Gasteiger partial charge in [0.25, 0.3) is 0 Å². The minimum atomic E-state index is -0.560. The third-order valence-electron chi connectivity index (χ3n) is 10.5. The summed E-state index contributed by atoms with van der Waals surface area (Å²) in [5.41, 5.74) is 7.33. The molecule has 11 nitrogen and oxygen atoms in total. The van der Waals surface area contributed by atoms with E-state index >= 15 is 0 Å². The predicted molar refractivity (Wildman–Crippen MR) is 203 cm³/mol. The molecule has 274 valence electrons. The van der Waals surface area contributed by atoms with E-state index in [1.54, 1.807) is 0 Å². The van der Waals surface area contributed by atoms with Crippen LogP contribution in [0.3, 0.4) is 0 Å². The van der Waals surface area contributed by atoms with Crippen molar-refractivity contribution in [3.8, 4) is 22.4 Å². The Bertz CT molecular complexity index is 1860. The normalized spacial score (nSPS) is 19.8. The fourth-order valence-corrected chi connectivity index (χ4v) is 7.71. The molecule has 0 saturated carbocycles. The molecule has 2 fully saturated rings. The Morgan fingerprint density at radius 2 is 1.19 bits per heavy atom. The van der Waals surface area contributed by atoms with E-state index in [1.807, 2.05) is 49.9 Å². The number of rotatable bonds is 11. The summed E-state index contributed by atoms with van der Waals surface area (Å²) < 4.78 is 0. The minimum Gasteiger partial charge on any atom is -0.344 e. The van der Waals surface area contributed by atoms with Gasteiger partial charge in [-0.05, 0) is 65.3 Å². The van der Waals surface area contributed by atoms with Gasteiger partial charge in [0.1, 0.15) is 17.9 Å². The monoisotopic (exact) mass is 705 g/mol. The maximum absolute atomic E-state index is 13.5. The first-order chi connectivity index (χ1) is 24.9. The number of hydrogen-bond acceptors (Lipinski definition) is 6. The number of H-pyrrole nitrogens is 1. The van der Waals surface area contributed by atoms with E-state index in [2.05, 4.69) is 69.1 Å². The summed E-state index contributed by atoms with van der Waals surface area (Å²) >= 11 is 0. The average molecular weight is 706 g/mol. The van der Waals surface area contributed by atoms with E-state index in [0.717, 1.165) is 70.7 Å². The summed E-state index contributed by atoms with van der Waals surface area (Å²) in [4.78, 5) is 67.2. The lowest BCUT2D eigenvalue weighted by atomic mass is 9.95. The first-order valence-electron chi connectivity index (χ1n) is 18.6. The highest BCUT2D eigenvalue weighted by Crippen LogP contribution is 2.34. The number of amides is 4. The lowest BCUT2D eigenvalue weighted by Gasteiger charge is -2.31. The number of carbonyl (C=O) groups excluding carboxylic acids is 4. The molecule has 0 bridgehead atoms. The zero-order valence-electron chi connectivity index (χ0n) is 31.1. The number of imidazole rings is 1. The van der Waals surface area contributed by atoms with Crippen molar-refractivity contribution in [3.05, 3.63) is 72.3 Å². The van der Waals surface area contributed by atoms with Crippen LogP contribution in [0.1, 0.15) is 91.1 Å². The Labute approximate surface area is 306 Å². The van der Waals surface area contributed by atoms with Gasteiger partial charge in [-0.2, -0.15) is 0 Å². The average Bonchev–Trinajstić information content (AvgIpc) is 3.95. The Kier molecular flexibility index (Phi) is 11.1. The highest BCUT2D eigenvalue weighted by molar-refractivity contribution is 6.04. The molecule has 2 saturated heterocycles. The number of aliphatic imine (C=N–C) groups is 1. The number of hydrogen-bond donors (Lipinski definition) is 3. The molecule has 0 spiro atoms. The van der Waals surface area contributed by atoms with Crippen molar-refractivity contribution in [1.29, 1.82) is 0 Å². The van der Waals surface area contributed by atoms with Gasteiger partial charge in [0.15, 0.2) is 0 Å². The number of nitrogens with one attached hydrogen (secondary N) is 3. The maximum Gasteiger partial charge on any atom is 0.246 e. The van der Waals surface area contributed by atoms with Crippen LogP contribution in [0.5, 0.6) is 0 Å². The van der Waals surface area contributed by atoms with E-state index in [4.69, 9.17) is 4.99 Å². The summed E-state index contributed by atoms with van der Waals surface area (Å²) in [5.74, 6) is 0.243. The first kappa shape index (κ1) is 36.7. The molecule has 0 radical (unpaired) electrons. The standard InChI is InChI=1S/C41H51N7O4/c1-24(2)37(44-26(5)49)40(51)47-19-7-9-35(47)33-21-32(22-42-33)30-13-11-28(12-14-30)29-15-17-31(18-16-29)34-23-43-39(46-34)36-10-8-20-48(36)41(52)38(25(3)4)45-27(6)50/h11-18,22-25,35-38H,7-10,19-21H2,1-6H3,(H,43,46)(H,44,49)(H,45,50)/t35-,36?,37-,38-/m0/s1. The zero-order chi connectivity index (χ0) is 37.1. The van der Waals surface area contributed by atoms with Crippen LogP contribution in [-0.4, -0.2) is 80.3 Å². The molecule has 0 aliphatic carbocycles. The molecule has 4 amide bonds. The summed E-state index contributed by atoms with van der Waals surface area (Å²) in [6.45, 7) is 12.0. The lowest BCUT2D eigenvalue weighted by Crippen LogP contribution is -2.53. The number of aromatic amines is 1. The largest absolute Gasteiger partial charge is 0.344 e. The molecule has 1 unspecified atom stereocenters. The van der Waals surface area contributed by atoms with E-state index < -0.39 is 12.1 Å². The van der Waals surface area contributed by atoms with Crippen molar-refractivity contribution in [3.63, 3.8) is 0 Å². The maximum atomic E-state index is 13.5. The van der Waals surface area contributed by atoms with E-state index in [1.165, 1.54) is 13.8 Å². The molecule has 4 atom stereocenters. The van der Waals surface area contributed by atoms with Gasteiger partial charge in [0.05, 0.1) is 24.0 Å². The molecule has 6 rings (SSSR count). The van der Waals surface area contributed by atoms with Gasteiger partial charge < -0.3 is 25.4 Å². The van der Waals surface area contributed by atoms with Gasteiger partial charge in [-0.3, -0.25) is 24.2 Å². The zero-order valence-corrected chi connectivity index (χ0v) is 31.1. The number of allylic oxidation sites excluding steroid dienone is 1. The topological polar surface area (TPSA) is 140 Å². The molecule has 3 aromatic rings. The molecular weight excluding hydrogens is 654 g/mol. The third-order valence-corrected chi connectivity index (χ3v) is 10.5. The van der Waals surface area contributed by atoms with Crippen LogP contribution in [-0.2, 0) is 19.2 Å². The first-order valence-corrected chi connectivity index (χ1v) is 18.6. The Morgan fingerprint density at radius 3 is 1.71 bits per heavy atom. The molecule has 3 aliphatic heterocycles. The van der Waals surface area contributed by atoms with Gasteiger partial charge in [0, 0.05) is 45.3 Å². The van der Waals surface area contributed by atoms with Gasteiger partial charge in [-0.15, -0.1) is 0 Å². The van der Waals surface area contributed by atoms with E-state index in [9.17, 15) is 19.2 Å². The van der Waals surface area contributed by atoms with Crippen molar-refractivity contribution in [2.75, 3.05) is 13.1 Å². The van der Waals surface area contributed by atoms with Crippen LogP contribution < -0.4 is 10.6 Å². The second-order valence-corrected chi connectivity index (χ2v) is 15.0. The summed E-state index contributed by atoms with van der Waals surface area (Å²) in [6.07, 6.45) is 7.95. The van der Waals surface area contributed by atoms with Crippen LogP contribution >= 0.6 is 0 Å². The number of benzene rings is 2. The van der Waals surface area contributed by atoms with Crippen LogP contribution in [0.15, 0.2) is 65.9 Å². The summed E-state index contributed by atoms with van der Waals surface area (Å²) in [7, 11) is 0. The van der Waals surface area contributed by atoms with Crippen molar-refractivity contribution < 1.29 is 19.2 Å². The SMILES string of the molecule is CC(=O)N[C@H](C(=O)N1CCCC1c1ncc(-c2ccc(-c3ccc(C4=CN=C([C@@H]5CCCN5C(=O)[C@@H](NC(C)=O)C(C)C)C4)cc3)cc2)[nH]1)C(C)C. The van der Waals surface area contributed by atoms with Crippen LogP contribution in [0.25, 0.3) is 28.0 Å². The van der Waals surface area contributed by atoms with Crippen LogP contribution in [0.2, 0.25) is 0 Å².